The van der Waals surface area contributed by atoms with Crippen LogP contribution in [0.5, 0.6) is 0 Å². The van der Waals surface area contributed by atoms with Crippen LogP contribution >= 0.6 is 11.6 Å². The molecular formula is C21H21ClN2O. The molecule has 0 saturated heterocycles. The molecule has 0 heterocycles. The fraction of sp³-hybridized carbons (Fsp3) is 0.333. The van der Waals surface area contributed by atoms with Crippen LogP contribution in [0.15, 0.2) is 48.5 Å². The second-order valence-corrected chi connectivity index (χ2v) is 7.15. The zero-order chi connectivity index (χ0) is 17.6. The summed E-state index contributed by atoms with van der Waals surface area (Å²) in [6, 6.07) is 17.3. The maximum atomic E-state index is 12.2. The smallest absolute Gasteiger partial charge is 0.224 e. The van der Waals surface area contributed by atoms with E-state index < -0.39 is 0 Å². The molecule has 3 nitrogen and oxygen atoms in total. The molecule has 1 fully saturated rings. The van der Waals surface area contributed by atoms with Crippen LogP contribution in [0.3, 0.4) is 0 Å². The zero-order valence-corrected chi connectivity index (χ0v) is 14.8. The number of anilines is 1. The minimum atomic E-state index is 0.0733. The molecule has 0 bridgehead atoms. The fourth-order valence-corrected chi connectivity index (χ4v) is 3.66. The molecule has 0 atom stereocenters. The van der Waals surface area contributed by atoms with Crippen molar-refractivity contribution in [2.45, 2.75) is 38.0 Å². The summed E-state index contributed by atoms with van der Waals surface area (Å²) in [6.07, 6.45) is 4.91. The highest BCUT2D eigenvalue weighted by Gasteiger charge is 2.24. The van der Waals surface area contributed by atoms with Gasteiger partial charge in [0.15, 0.2) is 0 Å². The molecule has 25 heavy (non-hydrogen) atoms. The molecule has 128 valence electrons. The molecule has 1 N–H and O–H groups in total. The Kier molecular flexibility index (Phi) is 5.73. The fourth-order valence-electron chi connectivity index (χ4n) is 3.54. The van der Waals surface area contributed by atoms with Crippen LogP contribution in [0.25, 0.3) is 0 Å². The van der Waals surface area contributed by atoms with Gasteiger partial charge in [0, 0.05) is 17.1 Å². The van der Waals surface area contributed by atoms with Gasteiger partial charge in [0.05, 0.1) is 11.6 Å². The lowest BCUT2D eigenvalue weighted by Crippen LogP contribution is -2.20. The van der Waals surface area contributed by atoms with Crippen LogP contribution in [0, 0.1) is 17.2 Å². The first-order chi connectivity index (χ1) is 12.1. The Morgan fingerprint density at radius 3 is 2.28 bits per heavy atom. The van der Waals surface area contributed by atoms with Gasteiger partial charge < -0.3 is 5.32 Å². The van der Waals surface area contributed by atoms with E-state index in [0.29, 0.717) is 28.8 Å². The van der Waals surface area contributed by atoms with Crippen LogP contribution in [0.2, 0.25) is 5.02 Å². The van der Waals surface area contributed by atoms with Crippen LogP contribution in [0.4, 0.5) is 5.69 Å². The summed E-state index contributed by atoms with van der Waals surface area (Å²) >= 11 is 5.86. The Morgan fingerprint density at radius 2 is 1.68 bits per heavy atom. The normalized spacial score (nSPS) is 19.8. The first-order valence-electron chi connectivity index (χ1n) is 8.69. The third kappa shape index (κ3) is 4.84. The van der Waals surface area contributed by atoms with E-state index in [9.17, 15) is 4.79 Å². The highest BCUT2D eigenvalue weighted by Crippen LogP contribution is 2.37. The van der Waals surface area contributed by atoms with E-state index in [1.807, 2.05) is 24.3 Å². The van der Waals surface area contributed by atoms with Crippen molar-refractivity contribution >= 4 is 23.2 Å². The van der Waals surface area contributed by atoms with E-state index >= 15 is 0 Å². The SMILES string of the molecule is N#Cc1ccc([C@H]2CC[C@@H](CC(=O)Nc3ccc(Cl)cc3)CC2)cc1. The average Bonchev–Trinajstić information content (AvgIpc) is 2.64. The molecule has 2 aromatic carbocycles. The van der Waals surface area contributed by atoms with Crippen molar-refractivity contribution in [3.8, 4) is 6.07 Å². The van der Waals surface area contributed by atoms with Gasteiger partial charge in [-0.05, 0) is 79.5 Å². The van der Waals surface area contributed by atoms with Crippen molar-refractivity contribution in [2.75, 3.05) is 5.32 Å². The lowest BCUT2D eigenvalue weighted by Gasteiger charge is -2.28. The number of carbonyl (C=O) groups excluding carboxylic acids is 1. The van der Waals surface area contributed by atoms with Gasteiger partial charge in [-0.2, -0.15) is 5.26 Å². The van der Waals surface area contributed by atoms with Gasteiger partial charge in [0.1, 0.15) is 0 Å². The quantitative estimate of drug-likeness (QED) is 0.788. The number of rotatable bonds is 4. The molecule has 2 aromatic rings. The molecule has 0 spiro atoms. The third-order valence-electron chi connectivity index (χ3n) is 4.96. The molecule has 0 aromatic heterocycles. The Morgan fingerprint density at radius 1 is 1.04 bits per heavy atom. The monoisotopic (exact) mass is 352 g/mol. The summed E-state index contributed by atoms with van der Waals surface area (Å²) in [4.78, 5) is 12.2. The van der Waals surface area contributed by atoms with E-state index in [1.165, 1.54) is 5.56 Å². The van der Waals surface area contributed by atoms with Crippen molar-refractivity contribution in [3.05, 3.63) is 64.7 Å². The molecule has 0 aliphatic heterocycles. The Balaban J connectivity index is 1.47. The van der Waals surface area contributed by atoms with Gasteiger partial charge in [-0.3, -0.25) is 4.79 Å². The summed E-state index contributed by atoms with van der Waals surface area (Å²) < 4.78 is 0. The minimum absolute atomic E-state index is 0.0733. The predicted molar refractivity (Wildman–Crippen MR) is 101 cm³/mol. The number of nitrogens with one attached hydrogen (secondary N) is 1. The van der Waals surface area contributed by atoms with E-state index in [-0.39, 0.29) is 5.91 Å². The van der Waals surface area contributed by atoms with E-state index in [1.54, 1.807) is 12.1 Å². The van der Waals surface area contributed by atoms with Gasteiger partial charge in [-0.1, -0.05) is 23.7 Å². The largest absolute Gasteiger partial charge is 0.326 e. The Bertz CT molecular complexity index is 754. The molecule has 1 amide bonds. The maximum Gasteiger partial charge on any atom is 0.224 e. The summed E-state index contributed by atoms with van der Waals surface area (Å²) in [5.74, 6) is 1.06. The number of amides is 1. The highest BCUT2D eigenvalue weighted by molar-refractivity contribution is 6.30. The first-order valence-corrected chi connectivity index (χ1v) is 9.07. The summed E-state index contributed by atoms with van der Waals surface area (Å²) in [5, 5.41) is 12.5. The molecular weight excluding hydrogens is 332 g/mol. The van der Waals surface area contributed by atoms with Crippen molar-refractivity contribution in [1.82, 2.24) is 0 Å². The van der Waals surface area contributed by atoms with Gasteiger partial charge in [-0.25, -0.2) is 0 Å². The van der Waals surface area contributed by atoms with Gasteiger partial charge in [0.25, 0.3) is 0 Å². The van der Waals surface area contributed by atoms with Crippen LogP contribution in [0.1, 0.15) is 49.1 Å². The van der Waals surface area contributed by atoms with Crippen molar-refractivity contribution in [1.29, 1.82) is 5.26 Å². The van der Waals surface area contributed by atoms with Gasteiger partial charge in [0.2, 0.25) is 5.91 Å². The molecule has 4 heteroatoms. The lowest BCUT2D eigenvalue weighted by molar-refractivity contribution is -0.117. The van der Waals surface area contributed by atoms with Crippen LogP contribution < -0.4 is 5.32 Å². The maximum absolute atomic E-state index is 12.2. The average molecular weight is 353 g/mol. The van der Waals surface area contributed by atoms with E-state index in [0.717, 1.165) is 31.4 Å². The number of nitriles is 1. The van der Waals surface area contributed by atoms with E-state index in [2.05, 4.69) is 23.5 Å². The Labute approximate surface area is 153 Å². The standard InChI is InChI=1S/C21H21ClN2O/c22-19-9-11-20(12-10-19)24-21(25)13-15-1-5-17(6-2-15)18-7-3-16(14-23)4-8-18/h3-4,7-12,15,17H,1-2,5-6,13H2,(H,24,25)/t15-,17+. The Hall–Kier alpha value is -2.31. The lowest BCUT2D eigenvalue weighted by atomic mass is 9.77. The molecule has 1 saturated carbocycles. The summed E-state index contributed by atoms with van der Waals surface area (Å²) in [6.45, 7) is 0. The minimum Gasteiger partial charge on any atom is -0.326 e. The van der Waals surface area contributed by atoms with Crippen molar-refractivity contribution in [3.63, 3.8) is 0 Å². The number of hydrogen-bond donors (Lipinski definition) is 1. The van der Waals surface area contributed by atoms with Crippen LogP contribution in [-0.4, -0.2) is 5.91 Å². The topological polar surface area (TPSA) is 52.9 Å². The molecule has 1 aliphatic carbocycles. The van der Waals surface area contributed by atoms with Crippen molar-refractivity contribution in [2.24, 2.45) is 5.92 Å². The third-order valence-corrected chi connectivity index (χ3v) is 5.21. The predicted octanol–water partition coefficient (Wildman–Crippen LogP) is 5.51. The zero-order valence-electron chi connectivity index (χ0n) is 14.0. The van der Waals surface area contributed by atoms with Gasteiger partial charge >= 0.3 is 0 Å². The number of carbonyl (C=O) groups is 1. The second kappa shape index (κ2) is 8.18. The van der Waals surface area contributed by atoms with E-state index in [4.69, 9.17) is 16.9 Å². The first kappa shape index (κ1) is 17.5. The molecule has 3 rings (SSSR count). The summed E-state index contributed by atoms with van der Waals surface area (Å²) in [5.41, 5.74) is 2.81. The van der Waals surface area contributed by atoms with Gasteiger partial charge in [-0.15, -0.1) is 0 Å². The van der Waals surface area contributed by atoms with Crippen molar-refractivity contribution < 1.29 is 4.79 Å². The molecule has 0 unspecified atom stereocenters. The number of halogens is 1. The second-order valence-electron chi connectivity index (χ2n) is 6.71. The number of benzene rings is 2. The summed E-state index contributed by atoms with van der Waals surface area (Å²) in [7, 11) is 0. The molecule has 1 aliphatic rings. The number of hydrogen-bond acceptors (Lipinski definition) is 2. The highest BCUT2D eigenvalue weighted by atomic mass is 35.5. The molecule has 0 radical (unpaired) electrons. The number of nitrogens with zero attached hydrogens (tertiary/aromatic N) is 1. The van der Waals surface area contributed by atoms with Crippen LogP contribution in [-0.2, 0) is 4.79 Å².